The summed E-state index contributed by atoms with van der Waals surface area (Å²) in [6, 6.07) is 5.08. The maximum absolute atomic E-state index is 13.2. The van der Waals surface area contributed by atoms with Crippen LogP contribution in [0.25, 0.3) is 0 Å². The molecule has 0 saturated heterocycles. The van der Waals surface area contributed by atoms with Crippen LogP contribution in [0.1, 0.15) is 28.4 Å². The van der Waals surface area contributed by atoms with Crippen LogP contribution in [0.15, 0.2) is 18.2 Å². The van der Waals surface area contributed by atoms with Crippen LogP contribution in [0.4, 0.5) is 4.39 Å². The third-order valence-electron chi connectivity index (χ3n) is 2.23. The number of alkyl halides is 1. The van der Waals surface area contributed by atoms with Crippen molar-refractivity contribution in [3.05, 3.63) is 34.9 Å². The summed E-state index contributed by atoms with van der Waals surface area (Å²) in [5, 5.41) is 0. The Balaban J connectivity index is 3.07. The average molecular weight is 208 g/mol. The Hall–Kier alpha value is -1.51. The Morgan fingerprint density at radius 3 is 2.33 bits per heavy atom. The molecule has 0 aliphatic heterocycles. The third-order valence-corrected chi connectivity index (χ3v) is 2.23. The molecule has 0 aromatic heterocycles. The number of rotatable bonds is 3. The fourth-order valence-corrected chi connectivity index (χ4v) is 1.41. The van der Waals surface area contributed by atoms with E-state index in [2.05, 4.69) is 0 Å². The smallest absolute Gasteiger partial charge is 0.220 e. The summed E-state index contributed by atoms with van der Waals surface area (Å²) in [7, 11) is 0. The summed E-state index contributed by atoms with van der Waals surface area (Å²) in [6.45, 7) is 4.69. The molecule has 1 aromatic carbocycles. The largest absolute Gasteiger partial charge is 0.296 e. The first-order chi connectivity index (χ1) is 6.93. The van der Waals surface area contributed by atoms with Crippen molar-refractivity contribution in [2.45, 2.75) is 26.9 Å². The van der Waals surface area contributed by atoms with Gasteiger partial charge in [0, 0.05) is 5.56 Å². The fraction of sp³-hybridized carbons (Fsp3) is 0.333. The maximum atomic E-state index is 13.2. The van der Waals surface area contributed by atoms with Crippen LogP contribution in [-0.4, -0.2) is 17.7 Å². The molecule has 0 heterocycles. The number of benzene rings is 1. The minimum Gasteiger partial charge on any atom is -0.296 e. The lowest BCUT2D eigenvalue weighted by Crippen LogP contribution is -2.24. The number of ketones is 2. The predicted molar refractivity (Wildman–Crippen MR) is 55.8 cm³/mol. The number of hydrogen-bond donors (Lipinski definition) is 0. The Morgan fingerprint density at radius 1 is 1.27 bits per heavy atom. The first-order valence-corrected chi connectivity index (χ1v) is 4.69. The molecule has 0 aliphatic carbocycles. The van der Waals surface area contributed by atoms with Crippen molar-refractivity contribution in [3.63, 3.8) is 0 Å². The third kappa shape index (κ3) is 2.49. The summed E-state index contributed by atoms with van der Waals surface area (Å²) in [5.74, 6) is -1.50. The normalized spacial score (nSPS) is 12.3. The first kappa shape index (κ1) is 11.6. The van der Waals surface area contributed by atoms with E-state index in [1.807, 2.05) is 6.92 Å². The molecule has 2 nitrogen and oxygen atoms in total. The van der Waals surface area contributed by atoms with E-state index < -0.39 is 17.7 Å². The highest BCUT2D eigenvalue weighted by Crippen LogP contribution is 2.14. The second kappa shape index (κ2) is 4.34. The van der Waals surface area contributed by atoms with Gasteiger partial charge in [0.15, 0.2) is 5.78 Å². The van der Waals surface area contributed by atoms with Gasteiger partial charge in [0.2, 0.25) is 12.0 Å². The van der Waals surface area contributed by atoms with E-state index in [-0.39, 0.29) is 5.56 Å². The van der Waals surface area contributed by atoms with Crippen LogP contribution in [0.3, 0.4) is 0 Å². The Bertz CT molecular complexity index is 410. The van der Waals surface area contributed by atoms with E-state index in [9.17, 15) is 14.0 Å². The molecule has 0 saturated carbocycles. The van der Waals surface area contributed by atoms with E-state index in [0.717, 1.165) is 12.5 Å². The molecule has 0 amide bonds. The van der Waals surface area contributed by atoms with Gasteiger partial charge in [0.25, 0.3) is 0 Å². The summed E-state index contributed by atoms with van der Waals surface area (Å²) < 4.78 is 13.2. The number of carbonyl (C=O) groups is 2. The second-order valence-electron chi connectivity index (χ2n) is 3.66. The fourth-order valence-electron chi connectivity index (χ4n) is 1.41. The zero-order valence-corrected chi connectivity index (χ0v) is 9.00. The molecule has 3 heteroatoms. The van der Waals surface area contributed by atoms with Gasteiger partial charge in [-0.05, 0) is 26.3 Å². The van der Waals surface area contributed by atoms with Gasteiger partial charge in [0.1, 0.15) is 0 Å². The van der Waals surface area contributed by atoms with Crippen molar-refractivity contribution in [1.82, 2.24) is 0 Å². The monoisotopic (exact) mass is 208 g/mol. The molecular formula is C12H13FO2. The lowest BCUT2D eigenvalue weighted by Gasteiger charge is -2.07. The molecule has 15 heavy (non-hydrogen) atoms. The van der Waals surface area contributed by atoms with Crippen LogP contribution in [0, 0.1) is 13.8 Å². The van der Waals surface area contributed by atoms with Crippen molar-refractivity contribution >= 4 is 11.6 Å². The minimum atomic E-state index is -2.04. The van der Waals surface area contributed by atoms with Gasteiger partial charge in [-0.2, -0.15) is 0 Å². The van der Waals surface area contributed by atoms with E-state index in [0.29, 0.717) is 5.56 Å². The zero-order chi connectivity index (χ0) is 11.6. The number of hydrogen-bond acceptors (Lipinski definition) is 2. The Labute approximate surface area is 88.1 Å². The topological polar surface area (TPSA) is 34.1 Å². The van der Waals surface area contributed by atoms with Crippen LogP contribution >= 0.6 is 0 Å². The van der Waals surface area contributed by atoms with Gasteiger partial charge in [-0.25, -0.2) is 4.39 Å². The molecule has 0 N–H and O–H groups in total. The molecule has 1 atom stereocenters. The van der Waals surface area contributed by atoms with E-state index in [1.165, 1.54) is 0 Å². The van der Waals surface area contributed by atoms with Crippen molar-refractivity contribution in [3.8, 4) is 0 Å². The standard InChI is InChI=1S/C12H13FO2/c1-7-4-5-10(8(2)6-7)12(15)11(13)9(3)14/h4-6,11H,1-3H3. The Morgan fingerprint density at radius 2 is 1.87 bits per heavy atom. The van der Waals surface area contributed by atoms with Crippen LogP contribution < -0.4 is 0 Å². The Kier molecular flexibility index (Phi) is 3.35. The highest BCUT2D eigenvalue weighted by atomic mass is 19.1. The summed E-state index contributed by atoms with van der Waals surface area (Å²) >= 11 is 0. The molecule has 0 bridgehead atoms. The first-order valence-electron chi connectivity index (χ1n) is 4.69. The number of aryl methyl sites for hydroxylation is 2. The molecule has 1 rings (SSSR count). The van der Waals surface area contributed by atoms with Gasteiger partial charge in [0.05, 0.1) is 0 Å². The molecule has 80 valence electrons. The molecule has 0 radical (unpaired) electrons. The minimum absolute atomic E-state index is 0.281. The van der Waals surface area contributed by atoms with Crippen LogP contribution in [-0.2, 0) is 4.79 Å². The lowest BCUT2D eigenvalue weighted by molar-refractivity contribution is -0.120. The van der Waals surface area contributed by atoms with Gasteiger partial charge in [-0.1, -0.05) is 23.8 Å². The van der Waals surface area contributed by atoms with Crippen molar-refractivity contribution < 1.29 is 14.0 Å². The summed E-state index contributed by atoms with van der Waals surface area (Å²) in [4.78, 5) is 22.3. The highest BCUT2D eigenvalue weighted by molar-refractivity contribution is 6.13. The summed E-state index contributed by atoms with van der Waals surface area (Å²) in [5.41, 5.74) is 1.98. The molecule has 0 fully saturated rings. The highest BCUT2D eigenvalue weighted by Gasteiger charge is 2.24. The van der Waals surface area contributed by atoms with Gasteiger partial charge in [-0.15, -0.1) is 0 Å². The van der Waals surface area contributed by atoms with Crippen molar-refractivity contribution in [2.75, 3.05) is 0 Å². The van der Waals surface area contributed by atoms with Gasteiger partial charge >= 0.3 is 0 Å². The van der Waals surface area contributed by atoms with Gasteiger partial charge < -0.3 is 0 Å². The van der Waals surface area contributed by atoms with Crippen molar-refractivity contribution in [1.29, 1.82) is 0 Å². The van der Waals surface area contributed by atoms with Crippen LogP contribution in [0.2, 0.25) is 0 Å². The van der Waals surface area contributed by atoms with Crippen molar-refractivity contribution in [2.24, 2.45) is 0 Å². The zero-order valence-electron chi connectivity index (χ0n) is 9.00. The quantitative estimate of drug-likeness (QED) is 0.564. The molecular weight excluding hydrogens is 195 g/mol. The van der Waals surface area contributed by atoms with Gasteiger partial charge in [-0.3, -0.25) is 9.59 Å². The second-order valence-corrected chi connectivity index (χ2v) is 3.66. The maximum Gasteiger partial charge on any atom is 0.220 e. The van der Waals surface area contributed by atoms with Crippen LogP contribution in [0.5, 0.6) is 0 Å². The summed E-state index contributed by atoms with van der Waals surface area (Å²) in [6.07, 6.45) is -2.04. The number of Topliss-reactive ketones (excluding diaryl/α,β-unsaturated/α-hetero) is 2. The molecule has 0 spiro atoms. The molecule has 1 unspecified atom stereocenters. The molecule has 0 aliphatic rings. The van der Waals surface area contributed by atoms with E-state index >= 15 is 0 Å². The lowest BCUT2D eigenvalue weighted by atomic mass is 9.98. The predicted octanol–water partition coefficient (Wildman–Crippen LogP) is 2.41. The average Bonchev–Trinajstić information content (AvgIpc) is 2.15. The number of halogens is 1. The van der Waals surface area contributed by atoms with E-state index in [4.69, 9.17) is 0 Å². The molecule has 1 aromatic rings. The SMILES string of the molecule is CC(=O)C(F)C(=O)c1ccc(C)cc1C. The van der Waals surface area contributed by atoms with E-state index in [1.54, 1.807) is 25.1 Å². The number of carbonyl (C=O) groups excluding carboxylic acids is 2.